The number of hydrogen-bond acceptors (Lipinski definition) is 7. The lowest BCUT2D eigenvalue weighted by atomic mass is 9.49. The van der Waals surface area contributed by atoms with Gasteiger partial charge in [-0.3, -0.25) is 15.1 Å². The Bertz CT molecular complexity index is 1210. The average molecular weight is 494 g/mol. The second kappa shape index (κ2) is 8.29. The first-order valence-corrected chi connectivity index (χ1v) is 12.9. The molecular formula is C26H35N7O3. The van der Waals surface area contributed by atoms with Gasteiger partial charge >= 0.3 is 0 Å². The van der Waals surface area contributed by atoms with E-state index in [4.69, 9.17) is 16.9 Å². The van der Waals surface area contributed by atoms with Crippen molar-refractivity contribution in [2.45, 2.75) is 67.5 Å². The molecule has 0 radical (unpaired) electrons. The van der Waals surface area contributed by atoms with Gasteiger partial charge in [0.2, 0.25) is 11.9 Å². The van der Waals surface area contributed by atoms with Crippen LogP contribution in [0.5, 0.6) is 5.75 Å². The predicted octanol–water partition coefficient (Wildman–Crippen LogP) is 0.361. The van der Waals surface area contributed by atoms with Crippen molar-refractivity contribution < 1.29 is 15.0 Å². The van der Waals surface area contributed by atoms with Gasteiger partial charge in [0.1, 0.15) is 5.75 Å². The van der Waals surface area contributed by atoms with Crippen LogP contribution >= 0.6 is 0 Å². The zero-order valence-electron chi connectivity index (χ0n) is 20.4. The smallest absolute Gasteiger partial charge is 0.233 e. The molecule has 1 amide bonds. The van der Waals surface area contributed by atoms with E-state index in [1.165, 1.54) is 10.2 Å². The normalized spacial score (nSPS) is 34.9. The summed E-state index contributed by atoms with van der Waals surface area (Å²) in [6, 6.07) is 7.44. The maximum atomic E-state index is 12.4. The molecule has 3 aliphatic carbocycles. The van der Waals surface area contributed by atoms with Gasteiger partial charge < -0.3 is 27.0 Å². The summed E-state index contributed by atoms with van der Waals surface area (Å²) in [5.74, 6) is 0.762. The first kappa shape index (κ1) is 23.4. The summed E-state index contributed by atoms with van der Waals surface area (Å²) in [6.07, 6.45) is 6.23. The Morgan fingerprint density at radius 3 is 2.89 bits per heavy atom. The fourth-order valence-electron chi connectivity index (χ4n) is 7.51. The highest BCUT2D eigenvalue weighted by molar-refractivity contribution is 5.78. The molecule has 1 saturated heterocycles. The molecule has 192 valence electrons. The Kier molecular flexibility index (Phi) is 5.40. The summed E-state index contributed by atoms with van der Waals surface area (Å²) in [5.41, 5.74) is 12.8. The number of nitrogen functional groups attached to an aromatic ring is 1. The molecule has 2 heterocycles. The number of carbonyl (C=O) groups excluding carboxylic acids is 1. The maximum absolute atomic E-state index is 12.4. The number of amides is 1. The molecule has 4 aliphatic rings. The van der Waals surface area contributed by atoms with Crippen LogP contribution in [-0.4, -0.2) is 74.1 Å². The van der Waals surface area contributed by atoms with Gasteiger partial charge in [-0.15, -0.1) is 0 Å². The summed E-state index contributed by atoms with van der Waals surface area (Å²) < 4.78 is 1.40. The minimum absolute atomic E-state index is 0.0227. The number of nitrogens with two attached hydrogens (primary N) is 2. The molecule has 2 aromatic rings. The van der Waals surface area contributed by atoms with Crippen LogP contribution in [0.3, 0.4) is 0 Å². The Balaban J connectivity index is 1.27. The van der Waals surface area contributed by atoms with E-state index < -0.39 is 11.0 Å². The van der Waals surface area contributed by atoms with E-state index in [0.29, 0.717) is 31.1 Å². The van der Waals surface area contributed by atoms with Crippen molar-refractivity contribution in [2.24, 2.45) is 17.4 Å². The van der Waals surface area contributed by atoms with E-state index in [0.717, 1.165) is 43.6 Å². The molecule has 1 aromatic carbocycles. The zero-order valence-corrected chi connectivity index (χ0v) is 20.4. The monoisotopic (exact) mass is 493 g/mol. The SMILES string of the molecule is N=C(N)n1ccc(C2CC2CN2CC[C@]34C[C@H](NC(=O)CN)CC[C@@]3(O)[C@H]2Cc2ccc(O)cc24)n1. The van der Waals surface area contributed by atoms with E-state index in [-0.39, 0.29) is 36.2 Å². The van der Waals surface area contributed by atoms with Gasteiger partial charge in [-0.1, -0.05) is 6.07 Å². The molecular weight excluding hydrogens is 458 g/mol. The molecule has 8 N–H and O–H groups in total. The van der Waals surface area contributed by atoms with Crippen molar-refractivity contribution in [3.8, 4) is 5.75 Å². The number of hydrogen-bond donors (Lipinski definition) is 6. The van der Waals surface area contributed by atoms with Crippen LogP contribution in [0, 0.1) is 11.3 Å². The van der Waals surface area contributed by atoms with Crippen molar-refractivity contribution >= 4 is 11.9 Å². The van der Waals surface area contributed by atoms with Crippen LogP contribution in [0.25, 0.3) is 0 Å². The molecule has 2 saturated carbocycles. The molecule has 1 aromatic heterocycles. The highest BCUT2D eigenvalue weighted by atomic mass is 16.3. The first-order valence-electron chi connectivity index (χ1n) is 12.9. The number of aliphatic hydroxyl groups is 1. The number of benzene rings is 1. The van der Waals surface area contributed by atoms with Crippen molar-refractivity contribution in [1.82, 2.24) is 20.0 Å². The number of likely N-dealkylation sites (tertiary alicyclic amines) is 1. The quantitative estimate of drug-likeness (QED) is 0.258. The highest BCUT2D eigenvalue weighted by Crippen LogP contribution is 2.59. The minimum Gasteiger partial charge on any atom is -0.508 e. The number of rotatable bonds is 5. The summed E-state index contributed by atoms with van der Waals surface area (Å²) in [5, 5.41) is 37.9. The van der Waals surface area contributed by atoms with Crippen LogP contribution in [0.15, 0.2) is 30.5 Å². The number of nitrogens with one attached hydrogen (secondary N) is 2. The lowest BCUT2D eigenvalue weighted by molar-refractivity contribution is -0.171. The lowest BCUT2D eigenvalue weighted by Gasteiger charge is -2.65. The Hall–Kier alpha value is -2.95. The predicted molar refractivity (Wildman–Crippen MR) is 134 cm³/mol. The molecule has 36 heavy (non-hydrogen) atoms. The number of aromatic hydroxyl groups is 1. The summed E-state index contributed by atoms with van der Waals surface area (Å²) in [7, 11) is 0. The van der Waals surface area contributed by atoms with E-state index >= 15 is 0 Å². The zero-order chi connectivity index (χ0) is 25.2. The third-order valence-electron chi connectivity index (χ3n) is 9.32. The summed E-state index contributed by atoms with van der Waals surface area (Å²) in [6.45, 7) is 1.70. The minimum atomic E-state index is -0.934. The van der Waals surface area contributed by atoms with Crippen molar-refractivity contribution in [1.29, 1.82) is 5.41 Å². The second-order valence-corrected chi connectivity index (χ2v) is 11.2. The molecule has 6 atom stereocenters. The van der Waals surface area contributed by atoms with Gasteiger partial charge in [0, 0.05) is 36.2 Å². The van der Waals surface area contributed by atoms with E-state index in [1.54, 1.807) is 12.3 Å². The lowest BCUT2D eigenvalue weighted by Crippen LogP contribution is -2.74. The number of phenols is 1. The number of aromatic nitrogens is 2. The number of carbonyl (C=O) groups is 1. The van der Waals surface area contributed by atoms with Crippen LogP contribution in [0.2, 0.25) is 0 Å². The van der Waals surface area contributed by atoms with Crippen LogP contribution < -0.4 is 16.8 Å². The average Bonchev–Trinajstić information content (AvgIpc) is 3.43. The third-order valence-corrected chi connectivity index (χ3v) is 9.32. The van der Waals surface area contributed by atoms with Gasteiger partial charge in [0.25, 0.3) is 0 Å². The molecule has 6 rings (SSSR count). The first-order chi connectivity index (χ1) is 17.2. The standard InChI is InChI=1S/C26H35N7O3/c27-13-23(35)30-17-3-5-26(36)22-10-15-1-2-18(34)11-20(15)25(26,12-17)6-8-32(22)14-16-9-19(16)21-4-7-33(31-21)24(28)29/h1-2,4,7,11,16-17,19,22,34,36H,3,5-6,8-10,12-14,27H2,(H3,28,29)(H,30,35)/t16?,17-,19?,22-,25-,26-/m1/s1. The maximum Gasteiger partial charge on any atom is 0.233 e. The van der Waals surface area contributed by atoms with Crippen LogP contribution in [-0.2, 0) is 16.6 Å². The Morgan fingerprint density at radius 1 is 1.31 bits per heavy atom. The largest absolute Gasteiger partial charge is 0.508 e. The summed E-state index contributed by atoms with van der Waals surface area (Å²) >= 11 is 0. The third kappa shape index (κ3) is 3.54. The second-order valence-electron chi connectivity index (χ2n) is 11.2. The Morgan fingerprint density at radius 2 is 2.14 bits per heavy atom. The molecule has 10 heteroatoms. The van der Waals surface area contributed by atoms with Crippen molar-refractivity contribution in [3.05, 3.63) is 47.3 Å². The van der Waals surface area contributed by atoms with Gasteiger partial charge in [-0.2, -0.15) is 5.10 Å². The van der Waals surface area contributed by atoms with Gasteiger partial charge in [0.15, 0.2) is 0 Å². The summed E-state index contributed by atoms with van der Waals surface area (Å²) in [4.78, 5) is 14.6. The molecule has 2 unspecified atom stereocenters. The molecule has 10 nitrogen and oxygen atoms in total. The fourth-order valence-corrected chi connectivity index (χ4v) is 7.51. The molecule has 0 spiro atoms. The molecule has 2 bridgehead atoms. The number of nitrogens with zero attached hydrogens (tertiary/aromatic N) is 3. The van der Waals surface area contributed by atoms with Gasteiger partial charge in [-0.25, -0.2) is 4.68 Å². The van der Waals surface area contributed by atoms with Crippen LogP contribution in [0.1, 0.15) is 54.8 Å². The van der Waals surface area contributed by atoms with Crippen molar-refractivity contribution in [2.75, 3.05) is 19.6 Å². The molecule has 3 fully saturated rings. The van der Waals surface area contributed by atoms with Crippen LogP contribution in [0.4, 0.5) is 0 Å². The van der Waals surface area contributed by atoms with Crippen molar-refractivity contribution in [3.63, 3.8) is 0 Å². The number of phenolic OH excluding ortho intramolecular Hbond substituents is 1. The van der Waals surface area contributed by atoms with E-state index in [1.807, 2.05) is 18.2 Å². The van der Waals surface area contributed by atoms with Gasteiger partial charge in [0.05, 0.1) is 17.8 Å². The van der Waals surface area contributed by atoms with E-state index in [2.05, 4.69) is 15.3 Å². The molecule has 1 aliphatic heterocycles. The number of piperidine rings is 1. The van der Waals surface area contributed by atoms with E-state index in [9.17, 15) is 15.0 Å². The number of fused-ring (bicyclic) bond motifs is 1. The fraction of sp³-hybridized carbons (Fsp3) is 0.577. The Labute approximate surface area is 210 Å². The highest BCUT2D eigenvalue weighted by Gasteiger charge is 2.65. The van der Waals surface area contributed by atoms with Gasteiger partial charge in [-0.05, 0) is 80.3 Å². The topological polar surface area (TPSA) is 167 Å².